The van der Waals surface area contributed by atoms with E-state index < -0.39 is 16.6 Å². The molecule has 12 aromatic rings. The lowest BCUT2D eigenvalue weighted by Gasteiger charge is -2.34. The molecule has 0 amide bonds. The van der Waals surface area contributed by atoms with E-state index in [4.69, 9.17) is 13.6 Å². The number of ether oxygens (including phenoxy) is 1. The molecule has 0 saturated carbocycles. The molecule has 13 nitrogen and oxygen atoms in total. The maximum atomic E-state index is 11.8. The van der Waals surface area contributed by atoms with Gasteiger partial charge in [0.05, 0.1) is 24.9 Å². The van der Waals surface area contributed by atoms with E-state index in [1.165, 1.54) is 75.2 Å². The molecule has 2 unspecified atom stereocenters. The van der Waals surface area contributed by atoms with Crippen molar-refractivity contribution in [2.24, 2.45) is 0 Å². The van der Waals surface area contributed by atoms with Gasteiger partial charge in [0.25, 0.3) is 0 Å². The van der Waals surface area contributed by atoms with E-state index in [9.17, 15) is 24.6 Å². The third-order valence-electron chi connectivity index (χ3n) is 26.5. The van der Waals surface area contributed by atoms with Gasteiger partial charge in [-0.05, 0) is 279 Å². The van der Waals surface area contributed by atoms with E-state index >= 15 is 0 Å². The van der Waals surface area contributed by atoms with E-state index in [-0.39, 0.29) is 66.2 Å². The summed E-state index contributed by atoms with van der Waals surface area (Å²) >= 11 is 3.55. The third kappa shape index (κ3) is 35.4. The molecule has 0 fully saturated rings. The Hall–Kier alpha value is -11.2. The fourth-order valence-corrected chi connectivity index (χ4v) is 21.1. The fourth-order valence-electron chi connectivity index (χ4n) is 17.5. The molecular formula is C133H183N5O8S2Si2. The predicted octanol–water partition coefficient (Wildman–Crippen LogP) is 37.0. The molecule has 0 heterocycles. The smallest absolute Gasteiger partial charge is 0.242 e. The van der Waals surface area contributed by atoms with E-state index in [0.29, 0.717) is 42.3 Å². The summed E-state index contributed by atoms with van der Waals surface area (Å²) in [5.74, 6) is 3.77. The summed E-state index contributed by atoms with van der Waals surface area (Å²) < 4.78 is 19.4. The Balaban J connectivity index is 0.000000229. The second-order valence-corrected chi connectivity index (χ2v) is 63.3. The van der Waals surface area contributed by atoms with Crippen LogP contribution in [0.4, 0.5) is 28.4 Å². The fraction of sp³-hybridized carbons (Fsp3) is 0.436. The average molecular weight is 2100 g/mol. The SMILES string of the molecule is CC(C)(C)c1cc(CNc2ccccc2C=O)c(O)c(C(C)(C)C)c1.CC(C)(C)c1cc(CNc2ccccc2C=O)c(O[Si](C)(C)C)c(C(C)(C)C)c1.CC(c1cc(C(C)(C)C)cc(C(C)(C)C)c1O)N(C)c1ccccc1Sc1ccccc1.CCCN(Cc1cc(C(C)(C)C)cc(C(C)(C)C)c1O[Si](C)(C)C)c1ccccc1C=O.COc1c(C(C)Nc2ccccc2Sc2ccccc2)cc(C(C)(C)C)cc1C(C)(C)C. The molecule has 0 radical (unpaired) electrons. The number of anilines is 5. The van der Waals surface area contributed by atoms with E-state index in [0.717, 1.165) is 111 Å². The molecule has 0 spiro atoms. The zero-order valence-corrected chi connectivity index (χ0v) is 103. The first kappa shape index (κ1) is 124. The van der Waals surface area contributed by atoms with Crippen molar-refractivity contribution >= 4 is 87.5 Å². The molecular weight excluding hydrogens is 1920 g/mol. The zero-order valence-electron chi connectivity index (χ0n) is 99.1. The lowest BCUT2D eigenvalue weighted by atomic mass is 9.78. The van der Waals surface area contributed by atoms with Crippen molar-refractivity contribution in [2.75, 3.05) is 46.5 Å². The predicted molar refractivity (Wildman–Crippen MR) is 651 cm³/mol. The minimum absolute atomic E-state index is 0.00180. The second kappa shape index (κ2) is 51.0. The van der Waals surface area contributed by atoms with Gasteiger partial charge in [-0.3, -0.25) is 14.4 Å². The van der Waals surface area contributed by atoms with Crippen LogP contribution >= 0.6 is 23.5 Å². The first-order chi connectivity index (χ1) is 69.3. The van der Waals surface area contributed by atoms with E-state index in [2.05, 4.69) is 470 Å². The minimum atomic E-state index is -1.84. The Morgan fingerprint density at radius 1 is 0.347 bits per heavy atom. The number of phenolic OH excluding ortho intramolecular Hbond substituents is 2. The first-order valence-electron chi connectivity index (χ1n) is 53.5. The molecule has 0 aliphatic heterocycles. The van der Waals surface area contributed by atoms with Crippen LogP contribution in [0.15, 0.2) is 262 Å². The third-order valence-corrected chi connectivity index (χ3v) is 30.3. The molecule has 0 aliphatic rings. The number of para-hydroxylation sites is 5. The van der Waals surface area contributed by atoms with Crippen molar-refractivity contribution in [3.63, 3.8) is 0 Å². The first-order valence-corrected chi connectivity index (χ1v) is 62.0. The number of hydrogen-bond acceptors (Lipinski definition) is 15. The van der Waals surface area contributed by atoms with Crippen molar-refractivity contribution in [3.8, 4) is 28.7 Å². The molecule has 12 rings (SSSR count). The number of aldehydes is 3. The summed E-state index contributed by atoms with van der Waals surface area (Å²) in [5.41, 5.74) is 24.1. The molecule has 2 atom stereocenters. The lowest BCUT2D eigenvalue weighted by Crippen LogP contribution is -2.33. The van der Waals surface area contributed by atoms with Crippen LogP contribution in [0.1, 0.15) is 362 Å². The van der Waals surface area contributed by atoms with Crippen LogP contribution in [0, 0.1) is 0 Å². The number of phenols is 2. The number of carbonyl (C=O) groups excluding carboxylic acids is 3. The van der Waals surface area contributed by atoms with Gasteiger partial charge in [0.15, 0.2) is 18.9 Å². The van der Waals surface area contributed by atoms with E-state index in [1.807, 2.05) is 66.7 Å². The summed E-state index contributed by atoms with van der Waals surface area (Å²) in [5, 5.41) is 32.7. The molecule has 0 aliphatic carbocycles. The summed E-state index contributed by atoms with van der Waals surface area (Å²) in [6.45, 7) is 89.3. The van der Waals surface area contributed by atoms with Crippen molar-refractivity contribution in [1.82, 2.24) is 0 Å². The van der Waals surface area contributed by atoms with Crippen LogP contribution in [0.25, 0.3) is 0 Å². The van der Waals surface area contributed by atoms with Crippen molar-refractivity contribution in [3.05, 3.63) is 343 Å². The molecule has 808 valence electrons. The number of nitrogens with one attached hydrogen (secondary N) is 3. The molecule has 150 heavy (non-hydrogen) atoms. The standard InChI is InChI=1S/2C29H37NOS.C28H43NO2Si.C25H37NO2Si.C22H29NO2/c1-20(30-25-16-12-13-17-26(25)32-22-14-10-9-11-15-22)23-18-21(28(2,3)4)19-24(27(23)31-8)29(5,6)7;1-20(23-18-21(28(2,3)4)19-24(27(23)31)29(5,6)7)30(8)25-16-12-13-17-26(25)32-22-14-10-9-11-15-22;1-11-16-29(25-15-13-12-14-21(25)20-30)19-22-17-23(27(2,3)4)18-24(28(5,6)7)26(22)31-32(8,9)10;1-24(2,3)20-14-19(16-26-22-13-11-10-12-18(22)17-27)23(28-29(7,8)9)21(15-20)25(4,5)6;1-21(2,3)17-11-16(20(25)18(12-17)22(4,5)6)13-23-19-10-8-7-9-15(19)14-24/h9-20,30H,1-8H3;9-20,31H,1-8H3;12-15,17-18,20H,11,16,19H2,1-10H3;10-15,17,26H,16H2,1-9H3;7-12,14,23,25H,13H2,1-6H3. The van der Waals surface area contributed by atoms with Gasteiger partial charge < -0.3 is 49.6 Å². The molecule has 12 aromatic carbocycles. The van der Waals surface area contributed by atoms with Crippen molar-refractivity contribution < 1.29 is 38.2 Å². The van der Waals surface area contributed by atoms with Gasteiger partial charge in [-0.25, -0.2) is 0 Å². The summed E-state index contributed by atoms with van der Waals surface area (Å²) in [6.07, 6.45) is 3.70. The van der Waals surface area contributed by atoms with Crippen LogP contribution in [0.5, 0.6) is 28.7 Å². The number of rotatable bonds is 29. The van der Waals surface area contributed by atoms with Crippen LogP contribution in [-0.4, -0.2) is 66.4 Å². The lowest BCUT2D eigenvalue weighted by molar-refractivity contribution is 0.111. The van der Waals surface area contributed by atoms with Gasteiger partial charge in [-0.15, -0.1) is 0 Å². The van der Waals surface area contributed by atoms with Crippen LogP contribution in [0.2, 0.25) is 39.3 Å². The van der Waals surface area contributed by atoms with Gasteiger partial charge in [0.1, 0.15) is 28.7 Å². The normalized spacial score (nSPS) is 12.7. The summed E-state index contributed by atoms with van der Waals surface area (Å²) in [4.78, 5) is 43.8. The highest BCUT2D eigenvalue weighted by Gasteiger charge is 2.36. The Bertz CT molecular complexity index is 6480. The van der Waals surface area contributed by atoms with E-state index in [1.54, 1.807) is 36.7 Å². The highest BCUT2D eigenvalue weighted by atomic mass is 32.2. The van der Waals surface area contributed by atoms with Gasteiger partial charge in [0, 0.05) is 126 Å². The largest absolute Gasteiger partial charge is 0.544 e. The van der Waals surface area contributed by atoms with Gasteiger partial charge in [0.2, 0.25) is 16.6 Å². The highest BCUT2D eigenvalue weighted by molar-refractivity contribution is 7.99. The number of nitrogens with zero attached hydrogens (tertiary/aromatic N) is 2. The topological polar surface area (TPSA) is 162 Å². The van der Waals surface area contributed by atoms with Crippen LogP contribution in [0.3, 0.4) is 0 Å². The maximum absolute atomic E-state index is 11.8. The summed E-state index contributed by atoms with van der Waals surface area (Å²) in [6, 6.07) is 83.4. The van der Waals surface area contributed by atoms with Crippen LogP contribution in [-0.2, 0) is 73.8 Å². The minimum Gasteiger partial charge on any atom is -0.544 e. The van der Waals surface area contributed by atoms with Crippen LogP contribution < -0.4 is 39.3 Å². The summed E-state index contributed by atoms with van der Waals surface area (Å²) in [7, 11) is 0.251. The highest BCUT2D eigenvalue weighted by Crippen LogP contribution is 2.50. The maximum Gasteiger partial charge on any atom is 0.242 e. The number of benzene rings is 12. The average Bonchev–Trinajstić information content (AvgIpc) is 0.778. The van der Waals surface area contributed by atoms with Gasteiger partial charge in [-0.1, -0.05) is 366 Å². The quantitative estimate of drug-likeness (QED) is 0.0222. The molecule has 0 bridgehead atoms. The van der Waals surface area contributed by atoms with Crippen molar-refractivity contribution in [2.45, 2.75) is 380 Å². The molecule has 0 saturated heterocycles. The second-order valence-electron chi connectivity index (χ2n) is 52.3. The molecule has 5 N–H and O–H groups in total. The number of methoxy groups -OCH3 is 1. The Morgan fingerprint density at radius 2 is 0.667 bits per heavy atom. The molecule has 17 heteroatoms. The monoisotopic (exact) mass is 2100 g/mol. The Labute approximate surface area is 916 Å². The number of aromatic hydroxyl groups is 2. The number of hydrogen-bond donors (Lipinski definition) is 5. The molecule has 0 aromatic heterocycles. The Kier molecular flexibility index (Phi) is 42.2. The van der Waals surface area contributed by atoms with Gasteiger partial charge in [-0.2, -0.15) is 0 Å². The number of carbonyl (C=O) groups is 3. The zero-order chi connectivity index (χ0) is 112. The van der Waals surface area contributed by atoms with Gasteiger partial charge >= 0.3 is 0 Å². The Morgan fingerprint density at radius 3 is 1.07 bits per heavy atom. The van der Waals surface area contributed by atoms with Crippen molar-refractivity contribution in [1.29, 1.82) is 0 Å².